The summed E-state index contributed by atoms with van der Waals surface area (Å²) in [6.07, 6.45) is 3.30. The molecule has 3 amide bonds. The Labute approximate surface area is 197 Å². The van der Waals surface area contributed by atoms with Gasteiger partial charge in [0.25, 0.3) is 0 Å². The predicted octanol–water partition coefficient (Wildman–Crippen LogP) is -0.653. The molecule has 0 saturated carbocycles. The molecule has 4 unspecified atom stereocenters. The van der Waals surface area contributed by atoms with E-state index < -0.39 is 54.5 Å². The number of amides is 3. The number of hydrogen-bond acceptors (Lipinski definition) is 7. The van der Waals surface area contributed by atoms with Gasteiger partial charge >= 0.3 is 5.97 Å². The van der Waals surface area contributed by atoms with Crippen molar-refractivity contribution in [1.29, 1.82) is 0 Å². The van der Waals surface area contributed by atoms with Crippen LogP contribution in [0.25, 0.3) is 0 Å². The standard InChI is InChI=1S/C22H32N4O6S/c1-33-11-9-16(24-19(28)15(23)12-14-6-3-2-4-7-14)20(29)25-17(13-27)21(30)26-10-5-8-18(26)22(31)32/h2-4,6-7,15-18,27H,5,8-13,23H2,1H3,(H,24,28)(H,25,29)(H,31,32). The third-order valence-electron chi connectivity index (χ3n) is 5.50. The quantitative estimate of drug-likeness (QED) is 0.263. The first-order valence-electron chi connectivity index (χ1n) is 10.8. The zero-order valence-corrected chi connectivity index (χ0v) is 19.4. The first kappa shape index (κ1) is 26.6. The first-order valence-corrected chi connectivity index (χ1v) is 12.2. The van der Waals surface area contributed by atoms with Gasteiger partial charge in [-0.25, -0.2) is 4.79 Å². The third kappa shape index (κ3) is 7.72. The molecule has 0 bridgehead atoms. The fourth-order valence-electron chi connectivity index (χ4n) is 3.69. The van der Waals surface area contributed by atoms with Crippen LogP contribution in [0.2, 0.25) is 0 Å². The van der Waals surface area contributed by atoms with Gasteiger partial charge in [0, 0.05) is 6.54 Å². The molecule has 0 radical (unpaired) electrons. The lowest BCUT2D eigenvalue weighted by molar-refractivity contribution is -0.150. The number of thioether (sulfide) groups is 1. The number of carboxylic acids is 1. The van der Waals surface area contributed by atoms with Crippen LogP contribution < -0.4 is 16.4 Å². The number of rotatable bonds is 12. The van der Waals surface area contributed by atoms with Crippen molar-refractivity contribution in [3.63, 3.8) is 0 Å². The molecule has 1 fully saturated rings. The molecule has 6 N–H and O–H groups in total. The number of aliphatic hydroxyl groups is 1. The third-order valence-corrected chi connectivity index (χ3v) is 6.14. The molecule has 1 aliphatic rings. The van der Waals surface area contributed by atoms with Gasteiger partial charge in [-0.1, -0.05) is 30.3 Å². The van der Waals surface area contributed by atoms with E-state index in [4.69, 9.17) is 5.73 Å². The second kappa shape index (κ2) is 13.2. The Bertz CT molecular complexity index is 824. The largest absolute Gasteiger partial charge is 0.480 e. The van der Waals surface area contributed by atoms with Gasteiger partial charge in [-0.05, 0) is 43.3 Å². The van der Waals surface area contributed by atoms with Crippen LogP contribution >= 0.6 is 11.8 Å². The lowest BCUT2D eigenvalue weighted by atomic mass is 10.1. The van der Waals surface area contributed by atoms with Gasteiger partial charge in [-0.2, -0.15) is 11.8 Å². The van der Waals surface area contributed by atoms with E-state index in [1.165, 1.54) is 11.8 Å². The molecule has 0 spiro atoms. The number of benzene rings is 1. The molecular weight excluding hydrogens is 448 g/mol. The van der Waals surface area contributed by atoms with Crippen LogP contribution in [0.1, 0.15) is 24.8 Å². The maximum atomic E-state index is 12.9. The maximum absolute atomic E-state index is 12.9. The van der Waals surface area contributed by atoms with Gasteiger partial charge in [-0.15, -0.1) is 0 Å². The molecule has 1 heterocycles. The van der Waals surface area contributed by atoms with Crippen LogP contribution in [-0.2, 0) is 25.6 Å². The lowest BCUT2D eigenvalue weighted by Crippen LogP contribution is -2.58. The van der Waals surface area contributed by atoms with E-state index in [-0.39, 0.29) is 6.54 Å². The molecule has 0 aliphatic carbocycles. The minimum atomic E-state index is -1.30. The summed E-state index contributed by atoms with van der Waals surface area (Å²) >= 11 is 1.49. The number of nitrogens with zero attached hydrogens (tertiary/aromatic N) is 1. The Morgan fingerprint density at radius 2 is 1.82 bits per heavy atom. The summed E-state index contributed by atoms with van der Waals surface area (Å²) in [6.45, 7) is -0.451. The zero-order chi connectivity index (χ0) is 24.4. The Morgan fingerprint density at radius 3 is 2.42 bits per heavy atom. The number of carboxylic acid groups (broad SMARTS) is 1. The lowest BCUT2D eigenvalue weighted by Gasteiger charge is -2.28. The summed E-state index contributed by atoms with van der Waals surface area (Å²) in [5.41, 5.74) is 6.91. The van der Waals surface area contributed by atoms with E-state index in [1.807, 2.05) is 36.6 Å². The smallest absolute Gasteiger partial charge is 0.326 e. The van der Waals surface area contributed by atoms with Crippen LogP contribution in [0.3, 0.4) is 0 Å². The van der Waals surface area contributed by atoms with Gasteiger partial charge in [0.1, 0.15) is 18.1 Å². The molecule has 11 heteroatoms. The topological polar surface area (TPSA) is 162 Å². The van der Waals surface area contributed by atoms with Crippen LogP contribution in [-0.4, -0.2) is 88.1 Å². The maximum Gasteiger partial charge on any atom is 0.326 e. The molecule has 1 aromatic rings. The number of likely N-dealkylation sites (tertiary alicyclic amines) is 1. The summed E-state index contributed by atoms with van der Waals surface area (Å²) in [5.74, 6) is -2.36. The molecule has 1 saturated heterocycles. The summed E-state index contributed by atoms with van der Waals surface area (Å²) in [4.78, 5) is 50.8. The average molecular weight is 481 g/mol. The fraction of sp³-hybridized carbons (Fsp3) is 0.545. The molecule has 2 rings (SSSR count). The van der Waals surface area contributed by atoms with Crippen molar-refractivity contribution in [3.05, 3.63) is 35.9 Å². The van der Waals surface area contributed by atoms with Crippen LogP contribution in [0, 0.1) is 0 Å². The second-order valence-electron chi connectivity index (χ2n) is 7.91. The van der Waals surface area contributed by atoms with Crippen molar-refractivity contribution in [3.8, 4) is 0 Å². The van der Waals surface area contributed by atoms with E-state index in [1.54, 1.807) is 0 Å². The molecular formula is C22H32N4O6S. The Kier molecular flexibility index (Phi) is 10.6. The average Bonchev–Trinajstić information content (AvgIpc) is 3.30. The van der Waals surface area contributed by atoms with Crippen LogP contribution in [0.15, 0.2) is 30.3 Å². The number of carbonyl (C=O) groups excluding carboxylic acids is 3. The highest BCUT2D eigenvalue weighted by atomic mass is 32.2. The molecule has 0 aromatic heterocycles. The van der Waals surface area contributed by atoms with Crippen LogP contribution in [0.4, 0.5) is 0 Å². The molecule has 182 valence electrons. The van der Waals surface area contributed by atoms with E-state index in [9.17, 15) is 29.4 Å². The van der Waals surface area contributed by atoms with Crippen molar-refractivity contribution in [2.75, 3.05) is 25.2 Å². The number of carbonyl (C=O) groups is 4. The van der Waals surface area contributed by atoms with Gasteiger partial charge < -0.3 is 31.5 Å². The van der Waals surface area contributed by atoms with E-state index in [2.05, 4.69) is 10.6 Å². The van der Waals surface area contributed by atoms with E-state index in [0.29, 0.717) is 31.4 Å². The number of hydrogen-bond donors (Lipinski definition) is 5. The second-order valence-corrected chi connectivity index (χ2v) is 8.90. The number of aliphatic hydroxyl groups excluding tert-OH is 1. The first-order chi connectivity index (χ1) is 15.8. The number of nitrogens with one attached hydrogen (secondary N) is 2. The minimum absolute atomic E-state index is 0.239. The van der Waals surface area contributed by atoms with Crippen molar-refractivity contribution < 1.29 is 29.4 Å². The van der Waals surface area contributed by atoms with Crippen molar-refractivity contribution in [1.82, 2.24) is 15.5 Å². The van der Waals surface area contributed by atoms with Crippen molar-refractivity contribution in [2.45, 2.75) is 49.9 Å². The molecule has 1 aromatic carbocycles. The Hall–Kier alpha value is -2.63. The van der Waals surface area contributed by atoms with Crippen LogP contribution in [0.5, 0.6) is 0 Å². The molecule has 1 aliphatic heterocycles. The van der Waals surface area contributed by atoms with E-state index in [0.717, 1.165) is 10.5 Å². The molecule has 10 nitrogen and oxygen atoms in total. The summed E-state index contributed by atoms with van der Waals surface area (Å²) in [5, 5.41) is 24.1. The number of aliphatic carboxylic acids is 1. The van der Waals surface area contributed by atoms with Gasteiger partial charge in [0.05, 0.1) is 12.6 Å². The fourth-order valence-corrected chi connectivity index (χ4v) is 4.16. The zero-order valence-electron chi connectivity index (χ0n) is 18.6. The Morgan fingerprint density at radius 1 is 1.15 bits per heavy atom. The summed E-state index contributed by atoms with van der Waals surface area (Å²) in [7, 11) is 0. The predicted molar refractivity (Wildman–Crippen MR) is 124 cm³/mol. The summed E-state index contributed by atoms with van der Waals surface area (Å²) in [6, 6.07) is 5.14. The van der Waals surface area contributed by atoms with Crippen molar-refractivity contribution in [2.24, 2.45) is 5.73 Å². The highest BCUT2D eigenvalue weighted by molar-refractivity contribution is 7.98. The number of nitrogens with two attached hydrogens (primary N) is 1. The molecule has 33 heavy (non-hydrogen) atoms. The minimum Gasteiger partial charge on any atom is -0.480 e. The normalized spacial score (nSPS) is 18.3. The van der Waals surface area contributed by atoms with Crippen molar-refractivity contribution >= 4 is 35.5 Å². The van der Waals surface area contributed by atoms with Gasteiger partial charge in [0.15, 0.2) is 0 Å². The Balaban J connectivity index is 2.03. The van der Waals surface area contributed by atoms with Gasteiger partial charge in [0.2, 0.25) is 17.7 Å². The van der Waals surface area contributed by atoms with Gasteiger partial charge in [-0.3, -0.25) is 14.4 Å². The monoisotopic (exact) mass is 480 g/mol. The highest BCUT2D eigenvalue weighted by Crippen LogP contribution is 2.18. The SMILES string of the molecule is CSCCC(NC(=O)C(N)Cc1ccccc1)C(=O)NC(CO)C(=O)N1CCCC1C(=O)O. The molecule has 4 atom stereocenters. The van der Waals surface area contributed by atoms with E-state index >= 15 is 0 Å². The highest BCUT2D eigenvalue weighted by Gasteiger charge is 2.38. The summed E-state index contributed by atoms with van der Waals surface area (Å²) < 4.78 is 0.